The zero-order valence-corrected chi connectivity index (χ0v) is 22.4. The molecule has 41 heavy (non-hydrogen) atoms. The molecule has 5 rings (SSSR count). The van der Waals surface area contributed by atoms with Crippen LogP contribution in [0, 0.1) is 0 Å². The molecule has 222 valence electrons. The third-order valence-corrected chi connectivity index (χ3v) is 7.35. The van der Waals surface area contributed by atoms with Crippen LogP contribution >= 0.6 is 0 Å². The maximum absolute atomic E-state index is 13.7. The summed E-state index contributed by atoms with van der Waals surface area (Å²) in [4.78, 5) is 13.7. The van der Waals surface area contributed by atoms with Gasteiger partial charge >= 0.3 is 0 Å². The Morgan fingerprint density at radius 3 is 2.07 bits per heavy atom. The van der Waals surface area contributed by atoms with Crippen molar-refractivity contribution in [1.29, 1.82) is 0 Å². The summed E-state index contributed by atoms with van der Waals surface area (Å²) in [6, 6.07) is 8.60. The third-order valence-electron chi connectivity index (χ3n) is 7.35. The molecule has 0 saturated carbocycles. The SMILES string of the molecule is CO[C@H]1C(Oc2cc(OC3O[C@@H](C)[C@H](O)[C@@H](O)[C@H]3O)c3c(=O)c(-c4ccc(O)cc4)coc3c2)O[C@@H](C)[C@H](O)[C@H]1O. The molecule has 2 saturated heterocycles. The molecular weight excluding hydrogens is 544 g/mol. The van der Waals surface area contributed by atoms with E-state index in [-0.39, 0.29) is 33.8 Å². The highest BCUT2D eigenvalue weighted by Gasteiger charge is 2.45. The Morgan fingerprint density at radius 1 is 0.780 bits per heavy atom. The predicted molar refractivity (Wildman–Crippen MR) is 140 cm³/mol. The second-order valence-electron chi connectivity index (χ2n) is 10.1. The molecule has 0 bridgehead atoms. The van der Waals surface area contributed by atoms with E-state index in [1.807, 2.05) is 0 Å². The summed E-state index contributed by atoms with van der Waals surface area (Å²) in [7, 11) is 1.32. The Morgan fingerprint density at radius 2 is 1.41 bits per heavy atom. The van der Waals surface area contributed by atoms with Crippen molar-refractivity contribution >= 4 is 11.0 Å². The van der Waals surface area contributed by atoms with E-state index in [1.54, 1.807) is 6.92 Å². The molecule has 1 aromatic heterocycles. The first-order valence-corrected chi connectivity index (χ1v) is 13.0. The quantitative estimate of drug-likeness (QED) is 0.233. The van der Waals surface area contributed by atoms with Crippen molar-refractivity contribution in [3.63, 3.8) is 0 Å². The minimum absolute atomic E-state index is 0.00860. The molecule has 6 N–H and O–H groups in total. The van der Waals surface area contributed by atoms with Crippen molar-refractivity contribution in [2.45, 2.75) is 75.3 Å². The van der Waals surface area contributed by atoms with Crippen LogP contribution in [0.1, 0.15) is 13.8 Å². The highest BCUT2D eigenvalue weighted by molar-refractivity contribution is 5.88. The molecule has 2 aromatic carbocycles. The smallest absolute Gasteiger partial charge is 0.229 e. The molecule has 0 aliphatic carbocycles. The topological polar surface area (TPSA) is 198 Å². The van der Waals surface area contributed by atoms with Crippen LogP contribution in [0.15, 0.2) is 51.9 Å². The van der Waals surface area contributed by atoms with E-state index in [1.165, 1.54) is 56.7 Å². The van der Waals surface area contributed by atoms with E-state index in [0.29, 0.717) is 5.56 Å². The molecule has 13 nitrogen and oxygen atoms in total. The van der Waals surface area contributed by atoms with Gasteiger partial charge in [0, 0.05) is 19.2 Å². The minimum atomic E-state index is -1.68. The Hall–Kier alpha value is -3.27. The van der Waals surface area contributed by atoms with Crippen LogP contribution in [-0.4, -0.2) is 99.2 Å². The lowest BCUT2D eigenvalue weighted by Gasteiger charge is -2.40. The average molecular weight is 577 g/mol. The number of aliphatic hydroxyl groups is 5. The third kappa shape index (κ3) is 5.50. The largest absolute Gasteiger partial charge is 0.508 e. The number of phenols is 1. The van der Waals surface area contributed by atoms with Gasteiger partial charge in [-0.05, 0) is 31.5 Å². The number of rotatable bonds is 6. The fourth-order valence-electron chi connectivity index (χ4n) is 4.91. The van der Waals surface area contributed by atoms with E-state index in [9.17, 15) is 35.4 Å². The molecule has 0 spiro atoms. The highest BCUT2D eigenvalue weighted by Crippen LogP contribution is 2.36. The number of phenolic OH excluding ortho intramolecular Hbond substituents is 1. The van der Waals surface area contributed by atoms with Crippen LogP contribution in [0.5, 0.6) is 17.2 Å². The first-order valence-electron chi connectivity index (χ1n) is 13.0. The van der Waals surface area contributed by atoms with Gasteiger partial charge in [0.1, 0.15) is 71.1 Å². The van der Waals surface area contributed by atoms with Crippen molar-refractivity contribution in [2.24, 2.45) is 0 Å². The van der Waals surface area contributed by atoms with E-state index in [2.05, 4.69) is 0 Å². The van der Waals surface area contributed by atoms with Crippen LogP contribution in [0.3, 0.4) is 0 Å². The summed E-state index contributed by atoms with van der Waals surface area (Å²) in [5.74, 6) is -0.0887. The van der Waals surface area contributed by atoms with Crippen molar-refractivity contribution < 1.29 is 58.7 Å². The lowest BCUT2D eigenvalue weighted by atomic mass is 10.00. The molecule has 13 heteroatoms. The first kappa shape index (κ1) is 29.2. The van der Waals surface area contributed by atoms with Crippen LogP contribution in [0.25, 0.3) is 22.1 Å². The number of fused-ring (bicyclic) bond motifs is 1. The van der Waals surface area contributed by atoms with E-state index in [4.69, 9.17) is 28.1 Å². The van der Waals surface area contributed by atoms with Crippen LogP contribution in [0.4, 0.5) is 0 Å². The number of ether oxygens (including phenoxy) is 5. The van der Waals surface area contributed by atoms with E-state index >= 15 is 0 Å². The standard InChI is InChI=1S/C28H32O13/c1-11-20(30)23(33)25(35)27(38-11)41-18-9-15(40-28-26(36-3)24(34)21(31)12(2)39-28)8-17-19(18)22(32)16(10-37-17)13-4-6-14(29)7-5-13/h4-12,20-21,23-31,33-35H,1-3H3/t11-,12-,20-,21-,23+,24+,25+,26+,27?,28?/m0/s1. The fourth-order valence-corrected chi connectivity index (χ4v) is 4.91. The van der Waals surface area contributed by atoms with Crippen molar-refractivity contribution in [3.05, 3.63) is 52.9 Å². The number of methoxy groups -OCH3 is 1. The number of hydrogen-bond donors (Lipinski definition) is 6. The summed E-state index contributed by atoms with van der Waals surface area (Å²) in [5.41, 5.74) is 0.0903. The lowest BCUT2D eigenvalue weighted by molar-refractivity contribution is -0.274. The first-order chi connectivity index (χ1) is 19.5. The molecule has 0 radical (unpaired) electrons. The normalized spacial score (nSPS) is 34.0. The van der Waals surface area contributed by atoms with Gasteiger partial charge < -0.3 is 58.7 Å². The van der Waals surface area contributed by atoms with Gasteiger partial charge in [0.2, 0.25) is 18.0 Å². The molecule has 0 amide bonds. The molecule has 2 aliphatic rings. The summed E-state index contributed by atoms with van der Waals surface area (Å²) in [5, 5.41) is 61.2. The molecule has 2 fully saturated rings. The van der Waals surface area contributed by atoms with E-state index in [0.717, 1.165) is 0 Å². The lowest BCUT2D eigenvalue weighted by Crippen LogP contribution is -2.59. The summed E-state index contributed by atoms with van der Waals surface area (Å²) in [6.45, 7) is 3.04. The van der Waals surface area contributed by atoms with E-state index < -0.39 is 66.8 Å². The second-order valence-corrected chi connectivity index (χ2v) is 10.1. The van der Waals surface area contributed by atoms with Crippen molar-refractivity contribution in [3.8, 4) is 28.4 Å². The summed E-state index contributed by atoms with van der Waals surface area (Å²) in [6.07, 6.45) is -11.4. The zero-order chi connectivity index (χ0) is 29.6. The molecule has 3 heterocycles. The molecule has 2 aliphatic heterocycles. The number of aliphatic hydroxyl groups excluding tert-OH is 5. The summed E-state index contributed by atoms with van der Waals surface area (Å²) < 4.78 is 34.3. The monoisotopic (exact) mass is 576 g/mol. The molecule has 3 aromatic rings. The maximum Gasteiger partial charge on any atom is 0.229 e. The Bertz CT molecular complexity index is 1420. The molecule has 2 unspecified atom stereocenters. The maximum atomic E-state index is 13.7. The summed E-state index contributed by atoms with van der Waals surface area (Å²) >= 11 is 0. The number of aromatic hydroxyl groups is 1. The van der Waals surface area contributed by atoms with Crippen LogP contribution < -0.4 is 14.9 Å². The predicted octanol–water partition coefficient (Wildman–Crippen LogP) is 0.232. The second kappa shape index (κ2) is 11.5. The zero-order valence-electron chi connectivity index (χ0n) is 22.4. The Labute approximate surface area is 233 Å². The van der Waals surface area contributed by atoms with Crippen LogP contribution in [-0.2, 0) is 14.2 Å². The van der Waals surface area contributed by atoms with Gasteiger partial charge in [-0.3, -0.25) is 4.79 Å². The average Bonchev–Trinajstić information content (AvgIpc) is 2.94. The van der Waals surface area contributed by atoms with Crippen molar-refractivity contribution in [1.82, 2.24) is 0 Å². The van der Waals surface area contributed by atoms with Crippen LogP contribution in [0.2, 0.25) is 0 Å². The number of benzene rings is 2. The number of hydrogen-bond acceptors (Lipinski definition) is 13. The van der Waals surface area contributed by atoms with Gasteiger partial charge in [0.15, 0.2) is 0 Å². The highest BCUT2D eigenvalue weighted by atomic mass is 16.7. The van der Waals surface area contributed by atoms with Gasteiger partial charge in [0.05, 0.1) is 17.8 Å². The minimum Gasteiger partial charge on any atom is -0.508 e. The Kier molecular flexibility index (Phi) is 8.23. The molecular formula is C28H32O13. The van der Waals surface area contributed by atoms with Gasteiger partial charge in [-0.15, -0.1) is 0 Å². The Balaban J connectivity index is 1.59. The van der Waals surface area contributed by atoms with Crippen molar-refractivity contribution in [2.75, 3.05) is 7.11 Å². The van der Waals surface area contributed by atoms with Gasteiger partial charge in [-0.2, -0.15) is 0 Å². The van der Waals surface area contributed by atoms with Gasteiger partial charge in [-0.1, -0.05) is 12.1 Å². The van der Waals surface area contributed by atoms with Gasteiger partial charge in [-0.25, -0.2) is 0 Å². The molecule has 10 atom stereocenters. The fraction of sp³-hybridized carbons (Fsp3) is 0.464. The van der Waals surface area contributed by atoms with Gasteiger partial charge in [0.25, 0.3) is 0 Å².